The SMILES string of the molecule is CCc1cc(C(C#N)N2CCN(C)CC2)ccc1N(C)c1cc2c(cn1)ncn2C. The molecule has 1 aromatic carbocycles. The molecule has 0 amide bonds. The fourth-order valence-corrected chi connectivity index (χ4v) is 4.16. The average molecular weight is 404 g/mol. The predicted molar refractivity (Wildman–Crippen MR) is 120 cm³/mol. The lowest BCUT2D eigenvalue weighted by Crippen LogP contribution is -2.45. The van der Waals surface area contributed by atoms with Crippen LogP contribution >= 0.6 is 0 Å². The molecule has 156 valence electrons. The summed E-state index contributed by atoms with van der Waals surface area (Å²) in [6.07, 6.45) is 4.52. The second kappa shape index (κ2) is 8.42. The maximum Gasteiger partial charge on any atom is 0.134 e. The maximum absolute atomic E-state index is 9.89. The summed E-state index contributed by atoms with van der Waals surface area (Å²) >= 11 is 0. The topological polar surface area (TPSA) is 64.2 Å². The molecule has 0 bridgehead atoms. The van der Waals surface area contributed by atoms with Crippen LogP contribution in [0.1, 0.15) is 24.1 Å². The van der Waals surface area contributed by atoms with Gasteiger partial charge in [0.25, 0.3) is 0 Å². The molecule has 1 aliphatic heterocycles. The van der Waals surface area contributed by atoms with Gasteiger partial charge in [-0.1, -0.05) is 19.1 Å². The van der Waals surface area contributed by atoms with Gasteiger partial charge in [0.05, 0.1) is 24.1 Å². The third kappa shape index (κ3) is 3.76. The van der Waals surface area contributed by atoms with Gasteiger partial charge in [0.2, 0.25) is 0 Å². The van der Waals surface area contributed by atoms with E-state index in [2.05, 4.69) is 69.0 Å². The van der Waals surface area contributed by atoms with Crippen molar-refractivity contribution in [3.05, 3.63) is 47.9 Å². The first-order valence-corrected chi connectivity index (χ1v) is 10.5. The van der Waals surface area contributed by atoms with E-state index < -0.39 is 0 Å². The van der Waals surface area contributed by atoms with Crippen LogP contribution in [0.3, 0.4) is 0 Å². The van der Waals surface area contributed by atoms with Crippen LogP contribution in [0.2, 0.25) is 0 Å². The van der Waals surface area contributed by atoms with Crippen molar-refractivity contribution in [3.63, 3.8) is 0 Å². The summed E-state index contributed by atoms with van der Waals surface area (Å²) in [6.45, 7) is 6.01. The van der Waals surface area contributed by atoms with Crippen LogP contribution in [0.25, 0.3) is 11.0 Å². The van der Waals surface area contributed by atoms with Gasteiger partial charge in [0.1, 0.15) is 17.4 Å². The number of aryl methyl sites for hydroxylation is 2. The van der Waals surface area contributed by atoms with E-state index in [4.69, 9.17) is 0 Å². The first-order valence-electron chi connectivity index (χ1n) is 10.5. The third-order valence-electron chi connectivity index (χ3n) is 6.13. The molecular weight excluding hydrogens is 374 g/mol. The zero-order valence-corrected chi connectivity index (χ0v) is 18.2. The Labute approximate surface area is 178 Å². The van der Waals surface area contributed by atoms with Crippen LogP contribution in [0, 0.1) is 11.3 Å². The number of hydrogen-bond donors (Lipinski definition) is 0. The molecule has 0 spiro atoms. The van der Waals surface area contributed by atoms with Gasteiger partial charge in [-0.25, -0.2) is 9.97 Å². The summed E-state index contributed by atoms with van der Waals surface area (Å²) in [7, 11) is 6.17. The highest BCUT2D eigenvalue weighted by molar-refractivity contribution is 5.79. The monoisotopic (exact) mass is 403 g/mol. The Hall–Kier alpha value is -2.95. The highest BCUT2D eigenvalue weighted by Crippen LogP contribution is 2.31. The molecule has 0 aliphatic carbocycles. The number of aromatic nitrogens is 3. The molecule has 1 unspecified atom stereocenters. The van der Waals surface area contributed by atoms with Gasteiger partial charge in [-0.3, -0.25) is 4.90 Å². The Bertz CT molecular complexity index is 1070. The largest absolute Gasteiger partial charge is 0.334 e. The lowest BCUT2D eigenvalue weighted by molar-refractivity contribution is 0.133. The normalized spacial score (nSPS) is 16.5. The van der Waals surface area contributed by atoms with Crippen molar-refractivity contribution in [1.82, 2.24) is 24.3 Å². The lowest BCUT2D eigenvalue weighted by Gasteiger charge is -2.35. The molecule has 7 heteroatoms. The number of nitriles is 1. The fraction of sp³-hybridized carbons (Fsp3) is 0.435. The lowest BCUT2D eigenvalue weighted by atomic mass is 9.99. The average Bonchev–Trinajstić information content (AvgIpc) is 3.15. The number of pyridine rings is 1. The Morgan fingerprint density at radius 2 is 1.90 bits per heavy atom. The summed E-state index contributed by atoms with van der Waals surface area (Å²) in [4.78, 5) is 15.7. The minimum absolute atomic E-state index is 0.202. The van der Waals surface area contributed by atoms with Gasteiger partial charge in [-0.2, -0.15) is 5.26 Å². The van der Waals surface area contributed by atoms with E-state index in [0.717, 1.165) is 60.7 Å². The van der Waals surface area contributed by atoms with Crippen LogP contribution in [0.5, 0.6) is 0 Å². The van der Waals surface area contributed by atoms with E-state index in [1.54, 1.807) is 0 Å². The number of fused-ring (bicyclic) bond motifs is 1. The standard InChI is InChI=1S/C23H29N7/c1-5-17-12-18(22(14-24)30-10-8-27(2)9-11-30)6-7-20(17)29(4)23-13-21-19(15-25-23)26-16-28(21)3/h6-7,12-13,15-16,22H,5,8-11H2,1-4H3. The highest BCUT2D eigenvalue weighted by Gasteiger charge is 2.24. The van der Waals surface area contributed by atoms with E-state index in [1.807, 2.05) is 31.2 Å². The molecule has 30 heavy (non-hydrogen) atoms. The Kier molecular flexibility index (Phi) is 5.71. The van der Waals surface area contributed by atoms with Gasteiger partial charge >= 0.3 is 0 Å². The second-order valence-electron chi connectivity index (χ2n) is 8.06. The van der Waals surface area contributed by atoms with Gasteiger partial charge < -0.3 is 14.4 Å². The number of hydrogen-bond acceptors (Lipinski definition) is 6. The van der Waals surface area contributed by atoms with Crippen LogP contribution in [0.4, 0.5) is 11.5 Å². The second-order valence-corrected chi connectivity index (χ2v) is 8.06. The van der Waals surface area contributed by atoms with Crippen molar-refractivity contribution in [2.24, 2.45) is 7.05 Å². The zero-order chi connectivity index (χ0) is 21.3. The number of benzene rings is 1. The van der Waals surface area contributed by atoms with E-state index >= 15 is 0 Å². The minimum atomic E-state index is -0.202. The molecule has 7 nitrogen and oxygen atoms in total. The van der Waals surface area contributed by atoms with Crippen molar-refractivity contribution in [2.45, 2.75) is 19.4 Å². The molecule has 1 saturated heterocycles. The molecule has 3 heterocycles. The van der Waals surface area contributed by atoms with E-state index in [1.165, 1.54) is 5.56 Å². The molecule has 0 saturated carbocycles. The van der Waals surface area contributed by atoms with Gasteiger partial charge in [-0.15, -0.1) is 0 Å². The summed E-state index contributed by atoms with van der Waals surface area (Å²) < 4.78 is 2.01. The van der Waals surface area contributed by atoms with E-state index in [9.17, 15) is 5.26 Å². The quantitative estimate of drug-likeness (QED) is 0.652. The number of rotatable bonds is 5. The fourth-order valence-electron chi connectivity index (χ4n) is 4.16. The van der Waals surface area contributed by atoms with Gasteiger partial charge in [0.15, 0.2) is 0 Å². The maximum atomic E-state index is 9.89. The van der Waals surface area contributed by atoms with Crippen molar-refractivity contribution in [1.29, 1.82) is 5.26 Å². The molecule has 0 N–H and O–H groups in total. The summed E-state index contributed by atoms with van der Waals surface area (Å²) in [6, 6.07) is 10.8. The van der Waals surface area contributed by atoms with E-state index in [-0.39, 0.29) is 6.04 Å². The number of imidazole rings is 1. The van der Waals surface area contributed by atoms with Crippen LogP contribution < -0.4 is 4.90 Å². The first kappa shape index (κ1) is 20.3. The number of piperazine rings is 1. The van der Waals surface area contributed by atoms with Crippen molar-refractivity contribution in [2.75, 3.05) is 45.2 Å². The van der Waals surface area contributed by atoms with Crippen LogP contribution in [-0.2, 0) is 13.5 Å². The number of likely N-dealkylation sites (N-methyl/N-ethyl adjacent to an activating group) is 1. The molecule has 4 rings (SSSR count). The molecule has 1 fully saturated rings. The van der Waals surface area contributed by atoms with E-state index in [0.29, 0.717) is 0 Å². The molecular formula is C23H29N7. The summed E-state index contributed by atoms with van der Waals surface area (Å²) in [5.74, 6) is 0.879. The van der Waals surface area contributed by atoms with Crippen LogP contribution in [-0.4, -0.2) is 64.6 Å². The summed E-state index contributed by atoms with van der Waals surface area (Å²) in [5.41, 5.74) is 5.36. The van der Waals surface area contributed by atoms with Gasteiger partial charge in [-0.05, 0) is 30.7 Å². The Balaban J connectivity index is 1.64. The van der Waals surface area contributed by atoms with Crippen molar-refractivity contribution < 1.29 is 0 Å². The predicted octanol–water partition coefficient (Wildman–Crippen LogP) is 3.11. The minimum Gasteiger partial charge on any atom is -0.334 e. The number of anilines is 2. The van der Waals surface area contributed by atoms with Crippen molar-refractivity contribution in [3.8, 4) is 6.07 Å². The zero-order valence-electron chi connectivity index (χ0n) is 18.2. The smallest absolute Gasteiger partial charge is 0.134 e. The number of nitrogens with zero attached hydrogens (tertiary/aromatic N) is 7. The Morgan fingerprint density at radius 3 is 2.60 bits per heavy atom. The van der Waals surface area contributed by atoms with Crippen molar-refractivity contribution >= 4 is 22.5 Å². The molecule has 1 atom stereocenters. The van der Waals surface area contributed by atoms with Crippen LogP contribution in [0.15, 0.2) is 36.8 Å². The highest BCUT2D eigenvalue weighted by atomic mass is 15.3. The molecule has 0 radical (unpaired) electrons. The summed E-state index contributed by atoms with van der Waals surface area (Å²) in [5, 5.41) is 9.89. The first-order chi connectivity index (χ1) is 14.5. The molecule has 1 aliphatic rings. The Morgan fingerprint density at radius 1 is 1.13 bits per heavy atom. The molecule has 2 aromatic heterocycles. The van der Waals surface area contributed by atoms with Gasteiger partial charge in [0, 0.05) is 52.0 Å². The molecule has 3 aromatic rings. The third-order valence-corrected chi connectivity index (χ3v) is 6.13.